The molecule has 90 valence electrons. The van der Waals surface area contributed by atoms with Gasteiger partial charge in [0, 0.05) is 12.7 Å². The third kappa shape index (κ3) is 3.17. The highest BCUT2D eigenvalue weighted by molar-refractivity contribution is 5.35. The van der Waals surface area contributed by atoms with Gasteiger partial charge in [-0.1, -0.05) is 19.1 Å². The fourth-order valence-corrected chi connectivity index (χ4v) is 1.78. The van der Waals surface area contributed by atoms with Crippen LogP contribution in [-0.4, -0.2) is 16.3 Å². The van der Waals surface area contributed by atoms with Crippen LogP contribution in [-0.2, 0) is 6.54 Å². The standard InChI is InChI=1S/C14H19N3/c1-3-8-15-11-13-5-4-6-14(10-13)17-9-7-12(2)16-17/h4-7,9-10,15H,3,8,11H2,1-2H3. The van der Waals surface area contributed by atoms with Gasteiger partial charge in [0.25, 0.3) is 0 Å². The van der Waals surface area contributed by atoms with Crippen molar-refractivity contribution in [3.05, 3.63) is 47.8 Å². The fourth-order valence-electron chi connectivity index (χ4n) is 1.78. The molecular weight excluding hydrogens is 210 g/mol. The second-order valence-electron chi connectivity index (χ2n) is 4.25. The van der Waals surface area contributed by atoms with Crippen LogP contribution in [0.15, 0.2) is 36.5 Å². The van der Waals surface area contributed by atoms with Crippen molar-refractivity contribution in [3.8, 4) is 5.69 Å². The van der Waals surface area contributed by atoms with Crippen molar-refractivity contribution in [2.45, 2.75) is 26.8 Å². The molecule has 1 aromatic heterocycles. The van der Waals surface area contributed by atoms with E-state index in [1.54, 1.807) is 0 Å². The van der Waals surface area contributed by atoms with Crippen LogP contribution >= 0.6 is 0 Å². The summed E-state index contributed by atoms with van der Waals surface area (Å²) in [6.07, 6.45) is 3.16. The summed E-state index contributed by atoms with van der Waals surface area (Å²) in [6.45, 7) is 6.16. The van der Waals surface area contributed by atoms with Gasteiger partial charge in [0.05, 0.1) is 11.4 Å². The van der Waals surface area contributed by atoms with E-state index < -0.39 is 0 Å². The van der Waals surface area contributed by atoms with Crippen LogP contribution in [0.25, 0.3) is 5.69 Å². The number of aryl methyl sites for hydroxylation is 1. The van der Waals surface area contributed by atoms with E-state index >= 15 is 0 Å². The lowest BCUT2D eigenvalue weighted by Gasteiger charge is -2.06. The average Bonchev–Trinajstić information content (AvgIpc) is 2.77. The number of rotatable bonds is 5. The molecule has 0 amide bonds. The number of benzene rings is 1. The van der Waals surface area contributed by atoms with E-state index in [0.29, 0.717) is 0 Å². The highest BCUT2D eigenvalue weighted by atomic mass is 15.3. The van der Waals surface area contributed by atoms with E-state index in [2.05, 4.69) is 41.6 Å². The zero-order chi connectivity index (χ0) is 12.1. The van der Waals surface area contributed by atoms with Gasteiger partial charge in [0.2, 0.25) is 0 Å². The first kappa shape index (κ1) is 11.9. The maximum absolute atomic E-state index is 4.41. The van der Waals surface area contributed by atoms with E-state index in [1.807, 2.05) is 23.9 Å². The van der Waals surface area contributed by atoms with E-state index in [9.17, 15) is 0 Å². The van der Waals surface area contributed by atoms with Crippen LogP contribution < -0.4 is 5.32 Å². The number of nitrogens with zero attached hydrogens (tertiary/aromatic N) is 2. The summed E-state index contributed by atoms with van der Waals surface area (Å²) >= 11 is 0. The maximum atomic E-state index is 4.41. The summed E-state index contributed by atoms with van der Waals surface area (Å²) in [6, 6.07) is 10.5. The third-order valence-corrected chi connectivity index (χ3v) is 2.65. The normalized spacial score (nSPS) is 10.7. The second-order valence-corrected chi connectivity index (χ2v) is 4.25. The SMILES string of the molecule is CCCNCc1cccc(-n2ccc(C)n2)c1. The predicted octanol–water partition coefficient (Wildman–Crippen LogP) is 2.68. The van der Waals surface area contributed by atoms with Crippen LogP contribution in [0, 0.1) is 6.92 Å². The summed E-state index contributed by atoms with van der Waals surface area (Å²) in [5.41, 5.74) is 3.46. The Morgan fingerprint density at radius 1 is 1.29 bits per heavy atom. The topological polar surface area (TPSA) is 29.9 Å². The minimum absolute atomic E-state index is 0.919. The molecule has 0 fully saturated rings. The van der Waals surface area contributed by atoms with E-state index in [0.717, 1.165) is 30.9 Å². The quantitative estimate of drug-likeness (QED) is 0.799. The monoisotopic (exact) mass is 229 g/mol. The molecule has 2 aromatic rings. The molecule has 0 spiro atoms. The predicted molar refractivity (Wildman–Crippen MR) is 70.3 cm³/mol. The van der Waals surface area contributed by atoms with Crippen molar-refractivity contribution in [2.24, 2.45) is 0 Å². The van der Waals surface area contributed by atoms with Gasteiger partial charge in [-0.05, 0) is 43.7 Å². The van der Waals surface area contributed by atoms with Gasteiger partial charge in [-0.3, -0.25) is 0 Å². The molecule has 17 heavy (non-hydrogen) atoms. The average molecular weight is 229 g/mol. The summed E-state index contributed by atoms with van der Waals surface area (Å²) in [5, 5.41) is 7.82. The van der Waals surface area contributed by atoms with Gasteiger partial charge < -0.3 is 5.32 Å². The molecule has 3 heteroatoms. The fraction of sp³-hybridized carbons (Fsp3) is 0.357. The van der Waals surface area contributed by atoms with Gasteiger partial charge in [0.1, 0.15) is 0 Å². The zero-order valence-electron chi connectivity index (χ0n) is 10.5. The minimum Gasteiger partial charge on any atom is -0.313 e. The van der Waals surface area contributed by atoms with E-state index in [1.165, 1.54) is 5.56 Å². The number of hydrogen-bond donors (Lipinski definition) is 1. The summed E-state index contributed by atoms with van der Waals surface area (Å²) in [7, 11) is 0. The van der Waals surface area contributed by atoms with E-state index in [-0.39, 0.29) is 0 Å². The molecule has 1 aromatic carbocycles. The lowest BCUT2D eigenvalue weighted by Crippen LogP contribution is -2.13. The maximum Gasteiger partial charge on any atom is 0.0648 e. The van der Waals surface area contributed by atoms with Crippen molar-refractivity contribution in [2.75, 3.05) is 6.54 Å². The van der Waals surface area contributed by atoms with Crippen molar-refractivity contribution in [1.82, 2.24) is 15.1 Å². The molecular formula is C14H19N3. The third-order valence-electron chi connectivity index (χ3n) is 2.65. The first-order valence-corrected chi connectivity index (χ1v) is 6.12. The largest absolute Gasteiger partial charge is 0.313 e. The molecule has 0 unspecified atom stereocenters. The first-order chi connectivity index (χ1) is 8.29. The minimum atomic E-state index is 0.919. The van der Waals surface area contributed by atoms with Gasteiger partial charge in [-0.15, -0.1) is 0 Å². The summed E-state index contributed by atoms with van der Waals surface area (Å²) in [4.78, 5) is 0. The molecule has 0 saturated heterocycles. The zero-order valence-corrected chi connectivity index (χ0v) is 10.5. The lowest BCUT2D eigenvalue weighted by atomic mass is 10.2. The van der Waals surface area contributed by atoms with Gasteiger partial charge in [-0.25, -0.2) is 4.68 Å². The smallest absolute Gasteiger partial charge is 0.0648 e. The molecule has 0 atom stereocenters. The van der Waals surface area contributed by atoms with Gasteiger partial charge in [0.15, 0.2) is 0 Å². The number of nitrogens with one attached hydrogen (secondary N) is 1. The molecule has 0 aliphatic heterocycles. The van der Waals surface area contributed by atoms with E-state index in [4.69, 9.17) is 0 Å². The lowest BCUT2D eigenvalue weighted by molar-refractivity contribution is 0.675. The summed E-state index contributed by atoms with van der Waals surface area (Å²) in [5.74, 6) is 0. The molecule has 0 aliphatic rings. The molecule has 0 saturated carbocycles. The van der Waals surface area contributed by atoms with Crippen LogP contribution in [0.1, 0.15) is 24.6 Å². The Bertz CT molecular complexity index is 474. The molecule has 0 bridgehead atoms. The van der Waals surface area contributed by atoms with Crippen LogP contribution in [0.3, 0.4) is 0 Å². The molecule has 2 rings (SSSR count). The van der Waals surface area contributed by atoms with Crippen molar-refractivity contribution >= 4 is 0 Å². The Labute approximate surface area is 102 Å². The number of aromatic nitrogens is 2. The molecule has 0 aliphatic carbocycles. The molecule has 0 radical (unpaired) electrons. The molecule has 1 N–H and O–H groups in total. The summed E-state index contributed by atoms with van der Waals surface area (Å²) < 4.78 is 1.92. The Morgan fingerprint density at radius 2 is 2.18 bits per heavy atom. The van der Waals surface area contributed by atoms with Crippen LogP contribution in [0.4, 0.5) is 0 Å². The van der Waals surface area contributed by atoms with Crippen LogP contribution in [0.2, 0.25) is 0 Å². The Kier molecular flexibility index (Phi) is 3.94. The van der Waals surface area contributed by atoms with Gasteiger partial charge in [-0.2, -0.15) is 5.10 Å². The van der Waals surface area contributed by atoms with Crippen molar-refractivity contribution < 1.29 is 0 Å². The van der Waals surface area contributed by atoms with Gasteiger partial charge >= 0.3 is 0 Å². The molecule has 3 nitrogen and oxygen atoms in total. The molecule has 1 heterocycles. The Morgan fingerprint density at radius 3 is 2.88 bits per heavy atom. The first-order valence-electron chi connectivity index (χ1n) is 6.12. The number of hydrogen-bond acceptors (Lipinski definition) is 2. The van der Waals surface area contributed by atoms with Crippen molar-refractivity contribution in [1.29, 1.82) is 0 Å². The highest BCUT2D eigenvalue weighted by Gasteiger charge is 1.99. The Hall–Kier alpha value is -1.61. The van der Waals surface area contributed by atoms with Crippen LogP contribution in [0.5, 0.6) is 0 Å². The highest BCUT2D eigenvalue weighted by Crippen LogP contribution is 2.10. The Balaban J connectivity index is 2.11. The second kappa shape index (κ2) is 5.64. The van der Waals surface area contributed by atoms with Crippen molar-refractivity contribution in [3.63, 3.8) is 0 Å².